The van der Waals surface area contributed by atoms with Crippen LogP contribution in [0.25, 0.3) is 0 Å². The van der Waals surface area contributed by atoms with Crippen LogP contribution < -0.4 is 10.6 Å². The lowest BCUT2D eigenvalue weighted by atomic mass is 9.87. The van der Waals surface area contributed by atoms with E-state index in [1.54, 1.807) is 30.3 Å². The summed E-state index contributed by atoms with van der Waals surface area (Å²) in [6, 6.07) is 25.2. The van der Waals surface area contributed by atoms with E-state index in [1.165, 1.54) is 0 Å². The number of carbonyl (C=O) groups is 3. The molecule has 164 valence electrons. The van der Waals surface area contributed by atoms with Gasteiger partial charge in [-0.3, -0.25) is 14.5 Å². The first kappa shape index (κ1) is 21.8. The molecule has 0 radical (unpaired) electrons. The highest BCUT2D eigenvalue weighted by atomic mass is 16.2. The molecule has 3 aromatic rings. The lowest BCUT2D eigenvalue weighted by Crippen LogP contribution is -2.44. The number of imide groups is 1. The van der Waals surface area contributed by atoms with Crippen molar-refractivity contribution < 1.29 is 14.4 Å². The molecule has 33 heavy (non-hydrogen) atoms. The van der Waals surface area contributed by atoms with E-state index in [0.29, 0.717) is 17.7 Å². The second-order valence-electron chi connectivity index (χ2n) is 7.69. The molecule has 1 heterocycles. The SMILES string of the molecule is CCC1(c2ccccc2)NC(=O)N(CC(=O)Nc2cccc(C#Cc3ccccc3)c2)C1=O. The molecule has 0 aromatic heterocycles. The standard InChI is InChI=1S/C27H23N3O3/c1-2-27(22-13-7-4-8-14-22)25(32)30(26(33)29-27)19-24(31)28-23-15-9-12-21(18-23)17-16-20-10-5-3-6-11-20/h3-15,18H,2,19H2,1H3,(H,28,31)(H,29,33). The Labute approximate surface area is 192 Å². The molecule has 1 unspecified atom stereocenters. The Morgan fingerprint density at radius 1 is 0.909 bits per heavy atom. The highest BCUT2D eigenvalue weighted by Crippen LogP contribution is 2.32. The summed E-state index contributed by atoms with van der Waals surface area (Å²) in [5, 5.41) is 5.54. The Kier molecular flexibility index (Phi) is 6.23. The van der Waals surface area contributed by atoms with E-state index >= 15 is 0 Å². The summed E-state index contributed by atoms with van der Waals surface area (Å²) < 4.78 is 0. The van der Waals surface area contributed by atoms with Crippen molar-refractivity contribution in [2.75, 3.05) is 11.9 Å². The summed E-state index contributed by atoms with van der Waals surface area (Å²) in [7, 11) is 0. The van der Waals surface area contributed by atoms with Crippen LogP contribution in [0.5, 0.6) is 0 Å². The number of hydrogen-bond acceptors (Lipinski definition) is 3. The molecule has 0 aliphatic carbocycles. The van der Waals surface area contributed by atoms with E-state index in [1.807, 2.05) is 61.5 Å². The van der Waals surface area contributed by atoms with Gasteiger partial charge in [0.1, 0.15) is 12.1 Å². The molecule has 4 amide bonds. The van der Waals surface area contributed by atoms with E-state index in [4.69, 9.17) is 0 Å². The number of nitrogens with zero attached hydrogens (tertiary/aromatic N) is 1. The molecule has 4 rings (SSSR count). The average molecular weight is 437 g/mol. The van der Waals surface area contributed by atoms with Gasteiger partial charge in [-0.15, -0.1) is 0 Å². The second-order valence-corrected chi connectivity index (χ2v) is 7.69. The van der Waals surface area contributed by atoms with Gasteiger partial charge in [-0.05, 0) is 42.3 Å². The van der Waals surface area contributed by atoms with Crippen molar-refractivity contribution >= 4 is 23.5 Å². The van der Waals surface area contributed by atoms with Crippen LogP contribution >= 0.6 is 0 Å². The van der Waals surface area contributed by atoms with Gasteiger partial charge in [0, 0.05) is 16.8 Å². The van der Waals surface area contributed by atoms with Crippen molar-refractivity contribution in [3.05, 3.63) is 102 Å². The van der Waals surface area contributed by atoms with E-state index in [-0.39, 0.29) is 6.54 Å². The van der Waals surface area contributed by atoms with Crippen molar-refractivity contribution in [3.8, 4) is 11.8 Å². The van der Waals surface area contributed by atoms with Gasteiger partial charge in [0.25, 0.3) is 5.91 Å². The zero-order valence-electron chi connectivity index (χ0n) is 18.2. The maximum absolute atomic E-state index is 13.2. The summed E-state index contributed by atoms with van der Waals surface area (Å²) >= 11 is 0. The molecule has 0 saturated carbocycles. The van der Waals surface area contributed by atoms with Crippen LogP contribution in [-0.4, -0.2) is 29.3 Å². The Morgan fingerprint density at radius 2 is 1.55 bits per heavy atom. The lowest BCUT2D eigenvalue weighted by molar-refractivity contribution is -0.134. The molecular weight excluding hydrogens is 414 g/mol. The molecule has 0 spiro atoms. The summed E-state index contributed by atoms with van der Waals surface area (Å²) in [5.41, 5.74) is 1.70. The highest BCUT2D eigenvalue weighted by molar-refractivity contribution is 6.10. The van der Waals surface area contributed by atoms with Crippen molar-refractivity contribution in [2.45, 2.75) is 18.9 Å². The molecule has 6 nitrogen and oxygen atoms in total. The highest BCUT2D eigenvalue weighted by Gasteiger charge is 2.51. The predicted molar refractivity (Wildman–Crippen MR) is 126 cm³/mol. The molecule has 1 saturated heterocycles. The van der Waals surface area contributed by atoms with E-state index < -0.39 is 23.4 Å². The fraction of sp³-hybridized carbons (Fsp3) is 0.148. The van der Waals surface area contributed by atoms with Gasteiger partial charge in [-0.2, -0.15) is 0 Å². The third kappa shape index (κ3) is 4.63. The Morgan fingerprint density at radius 3 is 2.24 bits per heavy atom. The van der Waals surface area contributed by atoms with Crippen LogP contribution in [0.4, 0.5) is 10.5 Å². The molecule has 1 atom stereocenters. The first-order valence-electron chi connectivity index (χ1n) is 10.7. The quantitative estimate of drug-likeness (QED) is 0.470. The van der Waals surface area contributed by atoms with Gasteiger partial charge in [0.15, 0.2) is 0 Å². The summed E-state index contributed by atoms with van der Waals surface area (Å²) in [4.78, 5) is 39.4. The van der Waals surface area contributed by atoms with Gasteiger partial charge in [0.2, 0.25) is 5.91 Å². The first-order valence-corrected chi connectivity index (χ1v) is 10.7. The lowest BCUT2D eigenvalue weighted by Gasteiger charge is -2.25. The van der Waals surface area contributed by atoms with Crippen molar-refractivity contribution in [3.63, 3.8) is 0 Å². The largest absolute Gasteiger partial charge is 0.325 e. The second kappa shape index (κ2) is 9.41. The van der Waals surface area contributed by atoms with E-state index in [0.717, 1.165) is 16.0 Å². The maximum atomic E-state index is 13.2. The minimum atomic E-state index is -1.16. The number of anilines is 1. The number of amides is 4. The van der Waals surface area contributed by atoms with Gasteiger partial charge in [-0.1, -0.05) is 73.4 Å². The van der Waals surface area contributed by atoms with Crippen molar-refractivity contribution in [2.24, 2.45) is 0 Å². The minimum absolute atomic E-state index is 0.376. The van der Waals surface area contributed by atoms with Gasteiger partial charge < -0.3 is 10.6 Å². The number of urea groups is 1. The zero-order valence-corrected chi connectivity index (χ0v) is 18.2. The molecule has 0 bridgehead atoms. The number of hydrogen-bond donors (Lipinski definition) is 2. The number of benzene rings is 3. The molecule has 1 aliphatic heterocycles. The van der Waals surface area contributed by atoms with Crippen molar-refractivity contribution in [1.29, 1.82) is 0 Å². The topological polar surface area (TPSA) is 78.5 Å². The van der Waals surface area contributed by atoms with Crippen LogP contribution in [0.2, 0.25) is 0 Å². The Hall–Kier alpha value is -4.37. The fourth-order valence-corrected chi connectivity index (χ4v) is 3.82. The number of carbonyl (C=O) groups excluding carboxylic acids is 3. The summed E-state index contributed by atoms with van der Waals surface area (Å²) in [5.74, 6) is 5.24. The Balaban J connectivity index is 1.46. The minimum Gasteiger partial charge on any atom is -0.324 e. The maximum Gasteiger partial charge on any atom is 0.325 e. The molecular formula is C27H23N3O3. The van der Waals surface area contributed by atoms with Crippen LogP contribution in [0.15, 0.2) is 84.9 Å². The van der Waals surface area contributed by atoms with Crippen LogP contribution in [0.3, 0.4) is 0 Å². The van der Waals surface area contributed by atoms with Crippen molar-refractivity contribution in [1.82, 2.24) is 10.2 Å². The van der Waals surface area contributed by atoms with Gasteiger partial charge in [0.05, 0.1) is 0 Å². The predicted octanol–water partition coefficient (Wildman–Crippen LogP) is 3.88. The summed E-state index contributed by atoms with van der Waals surface area (Å²) in [6.45, 7) is 1.45. The zero-order chi connectivity index (χ0) is 23.3. The van der Waals surface area contributed by atoms with E-state index in [9.17, 15) is 14.4 Å². The Bertz CT molecular complexity index is 1250. The number of nitrogens with one attached hydrogen (secondary N) is 2. The molecule has 1 fully saturated rings. The molecule has 6 heteroatoms. The van der Waals surface area contributed by atoms with Crippen LogP contribution in [0.1, 0.15) is 30.0 Å². The smallest absolute Gasteiger partial charge is 0.324 e. The normalized spacial score (nSPS) is 17.2. The van der Waals surface area contributed by atoms with Crippen LogP contribution in [-0.2, 0) is 15.1 Å². The van der Waals surface area contributed by atoms with Crippen LogP contribution in [0, 0.1) is 11.8 Å². The third-order valence-corrected chi connectivity index (χ3v) is 5.55. The number of rotatable bonds is 5. The monoisotopic (exact) mass is 437 g/mol. The van der Waals surface area contributed by atoms with Gasteiger partial charge in [-0.25, -0.2) is 4.79 Å². The molecule has 2 N–H and O–H groups in total. The molecule has 1 aliphatic rings. The van der Waals surface area contributed by atoms with Gasteiger partial charge >= 0.3 is 6.03 Å². The fourth-order valence-electron chi connectivity index (χ4n) is 3.82. The first-order chi connectivity index (χ1) is 16.0. The third-order valence-electron chi connectivity index (χ3n) is 5.55. The van der Waals surface area contributed by atoms with E-state index in [2.05, 4.69) is 22.5 Å². The average Bonchev–Trinajstić information content (AvgIpc) is 3.09. The summed E-state index contributed by atoms with van der Waals surface area (Å²) in [6.07, 6.45) is 0.377. The molecule has 3 aromatic carbocycles.